The molecule has 0 bridgehead atoms. The Kier molecular flexibility index (Phi) is 6.73. The zero-order valence-corrected chi connectivity index (χ0v) is 21.0. The van der Waals surface area contributed by atoms with Crippen LogP contribution in [0.2, 0.25) is 0 Å². The van der Waals surface area contributed by atoms with E-state index in [9.17, 15) is 9.59 Å². The molecule has 0 fully saturated rings. The Balaban J connectivity index is 1.17. The Morgan fingerprint density at radius 3 is 2.39 bits per heavy atom. The number of benzene rings is 3. The van der Waals surface area contributed by atoms with Gasteiger partial charge in [0.05, 0.1) is 15.9 Å². The Labute approximate surface area is 213 Å². The van der Waals surface area contributed by atoms with E-state index < -0.39 is 0 Å². The first-order chi connectivity index (χ1) is 17.4. The maximum Gasteiger partial charge on any atom is 0.266 e. The summed E-state index contributed by atoms with van der Waals surface area (Å²) < 4.78 is 2.59. The molecule has 2 heterocycles. The summed E-state index contributed by atoms with van der Waals surface area (Å²) in [5, 5.41) is 8.37. The fraction of sp³-hybridized carbons (Fsp3) is 0.172. The number of nitrogens with zero attached hydrogens (tertiary/aromatic N) is 3. The van der Waals surface area contributed by atoms with Gasteiger partial charge in [0.25, 0.3) is 5.56 Å². The highest BCUT2D eigenvalue weighted by Gasteiger charge is 2.09. The molecule has 6 nitrogen and oxygen atoms in total. The zero-order chi connectivity index (χ0) is 25.1. The first-order valence-electron chi connectivity index (χ1n) is 11.9. The molecule has 0 unspecified atom stereocenters. The maximum absolute atomic E-state index is 12.5. The highest BCUT2D eigenvalue weighted by Crippen LogP contribution is 2.31. The molecule has 3 aromatic carbocycles. The van der Waals surface area contributed by atoms with E-state index in [0.29, 0.717) is 19.4 Å². The minimum Gasteiger partial charge on any atom is -0.326 e. The largest absolute Gasteiger partial charge is 0.326 e. The molecule has 180 valence electrons. The summed E-state index contributed by atoms with van der Waals surface area (Å²) in [6.45, 7) is 4.48. The van der Waals surface area contributed by atoms with Gasteiger partial charge in [0.2, 0.25) is 5.91 Å². The average molecular weight is 495 g/mol. The lowest BCUT2D eigenvalue weighted by Crippen LogP contribution is -2.23. The molecule has 0 saturated heterocycles. The monoisotopic (exact) mass is 494 g/mol. The van der Waals surface area contributed by atoms with E-state index in [4.69, 9.17) is 4.98 Å². The van der Waals surface area contributed by atoms with Crippen molar-refractivity contribution < 1.29 is 4.79 Å². The first-order valence-corrected chi connectivity index (χ1v) is 12.7. The molecule has 5 rings (SSSR count). The normalized spacial score (nSPS) is 11.1. The number of rotatable bonds is 7. The Morgan fingerprint density at radius 1 is 0.889 bits per heavy atom. The average Bonchev–Trinajstić information content (AvgIpc) is 3.29. The molecule has 7 heteroatoms. The van der Waals surface area contributed by atoms with Crippen molar-refractivity contribution in [3.05, 3.63) is 100 Å². The summed E-state index contributed by atoms with van der Waals surface area (Å²) in [4.78, 5) is 29.4. The van der Waals surface area contributed by atoms with Crippen LogP contribution in [0.15, 0.2) is 83.7 Å². The predicted molar refractivity (Wildman–Crippen MR) is 146 cm³/mol. The summed E-state index contributed by atoms with van der Waals surface area (Å²) in [5.74, 6) is -0.0963. The van der Waals surface area contributed by atoms with Crippen molar-refractivity contribution in [2.45, 2.75) is 33.2 Å². The number of amides is 1. The van der Waals surface area contributed by atoms with E-state index >= 15 is 0 Å². The number of aromatic nitrogens is 3. The predicted octanol–water partition coefficient (Wildman–Crippen LogP) is 6.22. The van der Waals surface area contributed by atoms with Crippen LogP contribution in [0.25, 0.3) is 32.0 Å². The van der Waals surface area contributed by atoms with Gasteiger partial charge in [-0.3, -0.25) is 9.59 Å². The summed E-state index contributed by atoms with van der Waals surface area (Å²) in [5.41, 5.74) is 6.65. The Bertz CT molecular complexity index is 1580. The third-order valence-corrected chi connectivity index (χ3v) is 7.01. The first kappa shape index (κ1) is 23.6. The fourth-order valence-corrected chi connectivity index (χ4v) is 5.02. The number of thiazole rings is 1. The molecule has 0 atom stereocenters. The molecule has 0 spiro atoms. The number of hydrogen-bond donors (Lipinski definition) is 1. The molecule has 2 aromatic heterocycles. The SMILES string of the molecule is Cc1ccc(-c2ccc(=O)n(CCCC(=O)Nc3ccc(-c4nc5ccc(C)cc5s4)cc3)n2)cc1. The van der Waals surface area contributed by atoms with Gasteiger partial charge in [-0.2, -0.15) is 5.10 Å². The lowest BCUT2D eigenvalue weighted by atomic mass is 10.1. The highest BCUT2D eigenvalue weighted by atomic mass is 32.1. The number of carbonyl (C=O) groups is 1. The van der Waals surface area contributed by atoms with Crippen molar-refractivity contribution in [1.82, 2.24) is 14.8 Å². The number of fused-ring (bicyclic) bond motifs is 1. The van der Waals surface area contributed by atoms with Crippen molar-refractivity contribution >= 4 is 33.1 Å². The minimum absolute atomic E-state index is 0.0963. The maximum atomic E-state index is 12.5. The molecule has 36 heavy (non-hydrogen) atoms. The molecular weight excluding hydrogens is 468 g/mol. The van der Waals surface area contributed by atoms with E-state index in [1.54, 1.807) is 17.4 Å². The third kappa shape index (κ3) is 5.42. The van der Waals surface area contributed by atoms with Gasteiger partial charge in [0, 0.05) is 35.8 Å². The van der Waals surface area contributed by atoms with Gasteiger partial charge in [-0.1, -0.05) is 35.9 Å². The zero-order valence-electron chi connectivity index (χ0n) is 20.2. The molecule has 0 radical (unpaired) electrons. The summed E-state index contributed by atoms with van der Waals surface area (Å²) in [6.07, 6.45) is 0.807. The van der Waals surface area contributed by atoms with Gasteiger partial charge in [-0.05, 0) is 68.3 Å². The van der Waals surface area contributed by atoms with Gasteiger partial charge in [0.15, 0.2) is 0 Å². The molecule has 1 amide bonds. The minimum atomic E-state index is -0.174. The van der Waals surface area contributed by atoms with Crippen molar-refractivity contribution in [3.8, 4) is 21.8 Å². The van der Waals surface area contributed by atoms with Crippen LogP contribution in [0, 0.1) is 13.8 Å². The van der Waals surface area contributed by atoms with Crippen molar-refractivity contribution in [2.75, 3.05) is 5.32 Å². The van der Waals surface area contributed by atoms with Crippen molar-refractivity contribution in [2.24, 2.45) is 0 Å². The Hall–Kier alpha value is -4.10. The van der Waals surface area contributed by atoms with Crippen LogP contribution >= 0.6 is 11.3 Å². The second kappa shape index (κ2) is 10.3. The smallest absolute Gasteiger partial charge is 0.266 e. The third-order valence-electron chi connectivity index (χ3n) is 5.95. The molecule has 1 N–H and O–H groups in total. The van der Waals surface area contributed by atoms with E-state index in [1.165, 1.54) is 26.6 Å². The lowest BCUT2D eigenvalue weighted by Gasteiger charge is -2.08. The van der Waals surface area contributed by atoms with Gasteiger partial charge in [-0.15, -0.1) is 11.3 Å². The van der Waals surface area contributed by atoms with Crippen molar-refractivity contribution in [1.29, 1.82) is 0 Å². The second-order valence-electron chi connectivity index (χ2n) is 8.87. The van der Waals surface area contributed by atoms with E-state index in [0.717, 1.165) is 33.0 Å². The van der Waals surface area contributed by atoms with Crippen LogP contribution in [0.4, 0.5) is 5.69 Å². The number of anilines is 1. The number of hydrogen-bond acceptors (Lipinski definition) is 5. The molecule has 5 aromatic rings. The van der Waals surface area contributed by atoms with Gasteiger partial charge < -0.3 is 5.32 Å². The summed E-state index contributed by atoms with van der Waals surface area (Å²) in [6, 6.07) is 25.3. The van der Waals surface area contributed by atoms with Crippen LogP contribution < -0.4 is 10.9 Å². The Morgan fingerprint density at radius 2 is 1.61 bits per heavy atom. The molecule has 0 aliphatic heterocycles. The van der Waals surface area contributed by atoms with E-state index in [1.807, 2.05) is 61.5 Å². The summed E-state index contributed by atoms with van der Waals surface area (Å²) >= 11 is 1.66. The number of nitrogens with one attached hydrogen (secondary N) is 1. The van der Waals surface area contributed by atoms with Crippen LogP contribution in [-0.4, -0.2) is 20.7 Å². The van der Waals surface area contributed by atoms with Crippen LogP contribution in [0.3, 0.4) is 0 Å². The van der Waals surface area contributed by atoms with E-state index in [2.05, 4.69) is 29.5 Å². The summed E-state index contributed by atoms with van der Waals surface area (Å²) in [7, 11) is 0. The number of aryl methyl sites for hydroxylation is 3. The van der Waals surface area contributed by atoms with Crippen molar-refractivity contribution in [3.63, 3.8) is 0 Å². The number of carbonyl (C=O) groups excluding carboxylic acids is 1. The topological polar surface area (TPSA) is 76.9 Å². The fourth-order valence-electron chi connectivity index (χ4n) is 3.95. The van der Waals surface area contributed by atoms with Gasteiger partial charge in [-0.25, -0.2) is 9.67 Å². The molecule has 0 saturated carbocycles. The lowest BCUT2D eigenvalue weighted by molar-refractivity contribution is -0.116. The van der Waals surface area contributed by atoms with Crippen LogP contribution in [-0.2, 0) is 11.3 Å². The molecular formula is C29H26N4O2S. The quantitative estimate of drug-likeness (QED) is 0.291. The van der Waals surface area contributed by atoms with Crippen LogP contribution in [0.1, 0.15) is 24.0 Å². The van der Waals surface area contributed by atoms with Crippen LogP contribution in [0.5, 0.6) is 0 Å². The standard InChI is InChI=1S/C29H26N4O2S/c1-19-5-8-21(9-6-19)24-15-16-28(35)33(32-24)17-3-4-27(34)30-23-12-10-22(11-13-23)29-31-25-14-7-20(2)18-26(25)36-29/h5-16,18H,3-4,17H2,1-2H3,(H,30,34). The van der Waals surface area contributed by atoms with Gasteiger partial charge >= 0.3 is 0 Å². The second-order valence-corrected chi connectivity index (χ2v) is 9.90. The molecule has 0 aliphatic rings. The van der Waals surface area contributed by atoms with Gasteiger partial charge in [0.1, 0.15) is 5.01 Å². The molecule has 0 aliphatic carbocycles. The van der Waals surface area contributed by atoms with E-state index in [-0.39, 0.29) is 11.5 Å². The highest BCUT2D eigenvalue weighted by molar-refractivity contribution is 7.21.